The molecule has 0 saturated carbocycles. The summed E-state index contributed by atoms with van der Waals surface area (Å²) in [5.41, 5.74) is 0. The smallest absolute Gasteiger partial charge is 0.244 e. The van der Waals surface area contributed by atoms with Gasteiger partial charge in [0.1, 0.15) is 4.90 Å². The van der Waals surface area contributed by atoms with E-state index in [1.54, 1.807) is 13.0 Å². The first kappa shape index (κ1) is 14.4. The molecule has 1 atom stereocenters. The standard InChI is InChI=1S/C11H16N2O4S2/c1-10-4-7-18(14,15)8-6-13(10)19(16,17)11-3-2-5-12-9-11/h2-3,5,9-10H,4,6-8H2,1H3. The minimum atomic E-state index is -3.68. The fourth-order valence-corrected chi connectivity index (χ4v) is 5.16. The van der Waals surface area contributed by atoms with E-state index in [0.29, 0.717) is 6.42 Å². The molecule has 1 aliphatic rings. The zero-order chi connectivity index (χ0) is 14.1. The summed E-state index contributed by atoms with van der Waals surface area (Å²) in [6, 6.07) is 2.68. The van der Waals surface area contributed by atoms with E-state index < -0.39 is 19.9 Å². The lowest BCUT2D eigenvalue weighted by molar-refractivity contribution is 0.350. The Hall–Kier alpha value is -0.990. The van der Waals surface area contributed by atoms with Gasteiger partial charge in [0.15, 0.2) is 9.84 Å². The highest BCUT2D eigenvalue weighted by atomic mass is 32.2. The molecule has 2 rings (SSSR count). The number of rotatable bonds is 2. The van der Waals surface area contributed by atoms with Gasteiger partial charge in [-0.25, -0.2) is 16.8 Å². The fraction of sp³-hybridized carbons (Fsp3) is 0.545. The van der Waals surface area contributed by atoms with Crippen molar-refractivity contribution in [3.63, 3.8) is 0 Å². The molecule has 1 saturated heterocycles. The SMILES string of the molecule is CC1CCS(=O)(=O)CCN1S(=O)(=O)c1cccnc1. The number of aromatic nitrogens is 1. The second kappa shape index (κ2) is 5.18. The number of hydrogen-bond acceptors (Lipinski definition) is 5. The van der Waals surface area contributed by atoms with E-state index in [0.717, 1.165) is 0 Å². The molecule has 19 heavy (non-hydrogen) atoms. The van der Waals surface area contributed by atoms with Crippen LogP contribution in [0.3, 0.4) is 0 Å². The molecule has 6 nitrogen and oxygen atoms in total. The minimum absolute atomic E-state index is 0.000722. The van der Waals surface area contributed by atoms with Gasteiger partial charge in [0.05, 0.1) is 11.5 Å². The number of sulfone groups is 1. The molecule has 1 unspecified atom stereocenters. The van der Waals surface area contributed by atoms with Gasteiger partial charge >= 0.3 is 0 Å². The van der Waals surface area contributed by atoms with E-state index in [2.05, 4.69) is 4.98 Å². The predicted octanol–water partition coefficient (Wildman–Crippen LogP) is 0.279. The van der Waals surface area contributed by atoms with E-state index in [1.807, 2.05) is 0 Å². The highest BCUT2D eigenvalue weighted by Crippen LogP contribution is 2.21. The summed E-state index contributed by atoms with van der Waals surface area (Å²) in [6.07, 6.45) is 3.10. The lowest BCUT2D eigenvalue weighted by Gasteiger charge is -2.25. The molecule has 1 aliphatic heterocycles. The first-order valence-corrected chi connectivity index (χ1v) is 9.21. The zero-order valence-corrected chi connectivity index (χ0v) is 12.2. The van der Waals surface area contributed by atoms with Crippen LogP contribution < -0.4 is 0 Å². The maximum atomic E-state index is 12.5. The summed E-state index contributed by atoms with van der Waals surface area (Å²) in [4.78, 5) is 3.90. The number of hydrogen-bond donors (Lipinski definition) is 0. The molecule has 0 radical (unpaired) electrons. The monoisotopic (exact) mass is 304 g/mol. The molecule has 1 fully saturated rings. The molecule has 0 spiro atoms. The predicted molar refractivity (Wildman–Crippen MR) is 70.9 cm³/mol. The Morgan fingerprint density at radius 1 is 1.37 bits per heavy atom. The van der Waals surface area contributed by atoms with Crippen LogP contribution in [0.15, 0.2) is 29.4 Å². The van der Waals surface area contributed by atoms with Crippen molar-refractivity contribution >= 4 is 19.9 Å². The topological polar surface area (TPSA) is 84.4 Å². The van der Waals surface area contributed by atoms with Crippen LogP contribution in [0.25, 0.3) is 0 Å². The third-order valence-corrected chi connectivity index (χ3v) is 6.86. The van der Waals surface area contributed by atoms with Gasteiger partial charge < -0.3 is 0 Å². The van der Waals surface area contributed by atoms with Crippen molar-refractivity contribution in [1.29, 1.82) is 0 Å². The summed E-state index contributed by atoms with van der Waals surface area (Å²) in [7, 11) is -6.83. The second-order valence-electron chi connectivity index (χ2n) is 4.59. The number of sulfonamides is 1. The number of pyridine rings is 1. The van der Waals surface area contributed by atoms with Gasteiger partial charge in [0.25, 0.3) is 0 Å². The molecule has 2 heterocycles. The van der Waals surface area contributed by atoms with Gasteiger partial charge in [-0.2, -0.15) is 4.31 Å². The minimum Gasteiger partial charge on any atom is -0.263 e. The van der Waals surface area contributed by atoms with Gasteiger partial charge in [0, 0.05) is 25.0 Å². The number of nitrogens with zero attached hydrogens (tertiary/aromatic N) is 2. The molecular formula is C11H16N2O4S2. The Morgan fingerprint density at radius 2 is 2.11 bits per heavy atom. The van der Waals surface area contributed by atoms with E-state index in [4.69, 9.17) is 0 Å². The summed E-state index contributed by atoms with van der Waals surface area (Å²) >= 11 is 0. The van der Waals surface area contributed by atoms with Gasteiger partial charge in [-0.3, -0.25) is 4.98 Å². The van der Waals surface area contributed by atoms with E-state index >= 15 is 0 Å². The quantitative estimate of drug-likeness (QED) is 0.783. The van der Waals surface area contributed by atoms with Crippen molar-refractivity contribution in [2.24, 2.45) is 0 Å². The maximum absolute atomic E-state index is 12.5. The molecule has 0 aliphatic carbocycles. The Morgan fingerprint density at radius 3 is 2.74 bits per heavy atom. The Kier molecular flexibility index (Phi) is 3.93. The Bertz CT molecular complexity index is 641. The third-order valence-electron chi connectivity index (χ3n) is 3.20. The summed E-state index contributed by atoms with van der Waals surface area (Å²) in [6.45, 7) is 1.73. The Labute approximate surface area is 113 Å². The van der Waals surface area contributed by atoms with Crippen LogP contribution in [0.1, 0.15) is 13.3 Å². The van der Waals surface area contributed by atoms with Crippen molar-refractivity contribution in [3.05, 3.63) is 24.5 Å². The van der Waals surface area contributed by atoms with Crippen molar-refractivity contribution in [2.75, 3.05) is 18.1 Å². The van der Waals surface area contributed by atoms with Crippen LogP contribution in [-0.2, 0) is 19.9 Å². The highest BCUT2D eigenvalue weighted by Gasteiger charge is 2.33. The summed E-state index contributed by atoms with van der Waals surface area (Å²) < 4.78 is 49.3. The molecule has 8 heteroatoms. The van der Waals surface area contributed by atoms with Crippen LogP contribution in [-0.4, -0.2) is 50.2 Å². The summed E-state index contributed by atoms with van der Waals surface area (Å²) in [5, 5.41) is 0. The van der Waals surface area contributed by atoms with Gasteiger partial charge in [-0.1, -0.05) is 0 Å². The van der Waals surface area contributed by atoms with Crippen LogP contribution in [0, 0.1) is 0 Å². The van der Waals surface area contributed by atoms with Gasteiger partial charge in [-0.05, 0) is 25.5 Å². The van der Waals surface area contributed by atoms with Gasteiger partial charge in [-0.15, -0.1) is 0 Å². The molecular weight excluding hydrogens is 288 g/mol. The van der Waals surface area contributed by atoms with Crippen LogP contribution >= 0.6 is 0 Å². The normalized spacial score (nSPS) is 24.8. The largest absolute Gasteiger partial charge is 0.263 e. The molecule has 0 aromatic carbocycles. The lowest BCUT2D eigenvalue weighted by atomic mass is 10.3. The van der Waals surface area contributed by atoms with Crippen molar-refractivity contribution in [2.45, 2.75) is 24.3 Å². The zero-order valence-electron chi connectivity index (χ0n) is 10.6. The average molecular weight is 304 g/mol. The molecule has 0 N–H and O–H groups in total. The fourth-order valence-electron chi connectivity index (χ4n) is 2.04. The molecule has 1 aromatic heterocycles. The maximum Gasteiger partial charge on any atom is 0.244 e. The molecule has 106 valence electrons. The molecule has 0 amide bonds. The van der Waals surface area contributed by atoms with Crippen LogP contribution in [0.4, 0.5) is 0 Å². The van der Waals surface area contributed by atoms with E-state index in [-0.39, 0.29) is 29.0 Å². The molecule has 0 bridgehead atoms. The highest BCUT2D eigenvalue weighted by molar-refractivity contribution is 7.91. The van der Waals surface area contributed by atoms with E-state index in [1.165, 1.54) is 22.8 Å². The first-order valence-electron chi connectivity index (χ1n) is 5.95. The summed E-state index contributed by atoms with van der Waals surface area (Å²) in [5.74, 6) is -0.0932. The van der Waals surface area contributed by atoms with Crippen molar-refractivity contribution in [1.82, 2.24) is 9.29 Å². The second-order valence-corrected chi connectivity index (χ2v) is 8.79. The lowest BCUT2D eigenvalue weighted by Crippen LogP contribution is -2.39. The first-order chi connectivity index (χ1) is 8.83. The van der Waals surface area contributed by atoms with Crippen LogP contribution in [0.5, 0.6) is 0 Å². The molecule has 1 aromatic rings. The van der Waals surface area contributed by atoms with Crippen LogP contribution in [0.2, 0.25) is 0 Å². The van der Waals surface area contributed by atoms with Crippen molar-refractivity contribution < 1.29 is 16.8 Å². The van der Waals surface area contributed by atoms with Crippen molar-refractivity contribution in [3.8, 4) is 0 Å². The third kappa shape index (κ3) is 3.13. The van der Waals surface area contributed by atoms with Gasteiger partial charge in [0.2, 0.25) is 10.0 Å². The Balaban J connectivity index is 2.35. The average Bonchev–Trinajstić information content (AvgIpc) is 2.50. The van der Waals surface area contributed by atoms with E-state index in [9.17, 15) is 16.8 Å².